The largest absolute Gasteiger partial charge is 0.444 e. The van der Waals surface area contributed by atoms with Gasteiger partial charge in [0.2, 0.25) is 0 Å². The predicted molar refractivity (Wildman–Crippen MR) is 144 cm³/mol. The zero-order valence-electron chi connectivity index (χ0n) is 20.5. The molecule has 0 aliphatic rings. The fourth-order valence-corrected chi connectivity index (χ4v) is 4.91. The van der Waals surface area contributed by atoms with Gasteiger partial charge in [-0.25, -0.2) is 23.2 Å². The van der Waals surface area contributed by atoms with Crippen molar-refractivity contribution in [2.75, 3.05) is 16.9 Å². The smallest absolute Gasteiger partial charge is 0.412 e. The van der Waals surface area contributed by atoms with Crippen LogP contribution >= 0.6 is 11.3 Å². The molecule has 37 heavy (non-hydrogen) atoms. The number of carbonyl (C=O) groups is 2. The van der Waals surface area contributed by atoms with Crippen LogP contribution in [0.4, 0.5) is 20.6 Å². The lowest BCUT2D eigenvalue weighted by molar-refractivity contribution is 0.0635. The summed E-state index contributed by atoms with van der Waals surface area (Å²) in [5.41, 5.74) is 1.78. The van der Waals surface area contributed by atoms with Gasteiger partial charge < -0.3 is 10.1 Å². The summed E-state index contributed by atoms with van der Waals surface area (Å²) in [6.45, 7) is 5.22. The topological polar surface area (TPSA) is 121 Å². The van der Waals surface area contributed by atoms with Crippen molar-refractivity contribution in [3.8, 4) is 11.1 Å². The summed E-state index contributed by atoms with van der Waals surface area (Å²) in [6.07, 6.45) is 0.601. The molecule has 4 rings (SSSR count). The molecule has 0 radical (unpaired) electrons. The van der Waals surface area contributed by atoms with E-state index in [0.717, 1.165) is 5.56 Å². The highest BCUT2D eigenvalue weighted by Gasteiger charge is 2.20. The average molecular weight is 541 g/mol. The monoisotopic (exact) mass is 540 g/mol. The lowest BCUT2D eigenvalue weighted by Crippen LogP contribution is -2.27. The molecule has 4 aromatic rings. The lowest BCUT2D eigenvalue weighted by atomic mass is 10.0. The molecule has 11 heteroatoms. The number of benzene rings is 2. The minimum atomic E-state index is -3.00. The highest BCUT2D eigenvalue weighted by molar-refractivity contribution is 7.91. The van der Waals surface area contributed by atoms with Gasteiger partial charge in [0.1, 0.15) is 16.4 Å². The maximum absolute atomic E-state index is 13.4. The van der Waals surface area contributed by atoms with E-state index in [9.17, 15) is 18.2 Å². The van der Waals surface area contributed by atoms with Crippen LogP contribution in [-0.2, 0) is 14.5 Å². The van der Waals surface area contributed by atoms with Crippen molar-refractivity contribution < 1.29 is 22.9 Å². The first-order valence-electron chi connectivity index (χ1n) is 11.1. The third-order valence-corrected chi connectivity index (χ3v) is 7.17. The summed E-state index contributed by atoms with van der Waals surface area (Å²) < 4.78 is 39.3. The Labute approximate surface area is 217 Å². The summed E-state index contributed by atoms with van der Waals surface area (Å²) in [6, 6.07) is 15.7. The van der Waals surface area contributed by atoms with Crippen molar-refractivity contribution in [2.24, 2.45) is 0 Å². The first-order chi connectivity index (χ1) is 17.3. The van der Waals surface area contributed by atoms with Crippen LogP contribution in [0.15, 0.2) is 65.7 Å². The number of hydrogen-bond donors (Lipinski definition) is 3. The van der Waals surface area contributed by atoms with Gasteiger partial charge in [0, 0.05) is 6.26 Å². The molecule has 192 valence electrons. The maximum atomic E-state index is 13.4. The molecule has 2 amide bonds. The van der Waals surface area contributed by atoms with E-state index in [1.807, 2.05) is 0 Å². The fraction of sp³-hybridized carbons (Fsp3) is 0.192. The summed E-state index contributed by atoms with van der Waals surface area (Å²) in [5, 5.41) is 5.63. The van der Waals surface area contributed by atoms with Gasteiger partial charge in [-0.05, 0) is 74.4 Å². The number of aromatic nitrogens is 1. The van der Waals surface area contributed by atoms with E-state index in [0.29, 0.717) is 32.0 Å². The molecule has 0 saturated carbocycles. The number of amides is 2. The third kappa shape index (κ3) is 6.49. The molecule has 8 nitrogen and oxygen atoms in total. The van der Waals surface area contributed by atoms with Crippen molar-refractivity contribution in [1.29, 1.82) is 4.78 Å². The molecule has 0 aliphatic heterocycles. The minimum absolute atomic E-state index is 0.139. The second-order valence-corrected chi connectivity index (χ2v) is 12.5. The van der Waals surface area contributed by atoms with Crippen molar-refractivity contribution in [1.82, 2.24) is 4.98 Å². The van der Waals surface area contributed by atoms with Gasteiger partial charge in [-0.3, -0.25) is 10.1 Å². The molecule has 3 N–H and O–H groups in total. The van der Waals surface area contributed by atoms with Crippen LogP contribution in [0, 0.1) is 10.6 Å². The Morgan fingerprint density at radius 2 is 1.65 bits per heavy atom. The summed E-state index contributed by atoms with van der Waals surface area (Å²) in [7, 11) is -3.00. The predicted octanol–water partition coefficient (Wildman–Crippen LogP) is 6.74. The Bertz CT molecular complexity index is 1610. The van der Waals surface area contributed by atoms with Gasteiger partial charge in [0.25, 0.3) is 5.91 Å². The molecule has 0 spiro atoms. The van der Waals surface area contributed by atoms with E-state index in [1.54, 1.807) is 63.2 Å². The third-order valence-electron chi connectivity index (χ3n) is 5.05. The second kappa shape index (κ2) is 9.91. The number of nitrogens with one attached hydrogen (secondary N) is 3. The molecule has 2 heterocycles. The number of thiophene rings is 1. The van der Waals surface area contributed by atoms with Crippen LogP contribution in [0.25, 0.3) is 21.3 Å². The maximum Gasteiger partial charge on any atom is 0.412 e. The number of nitrogens with zero attached hydrogens (tertiary/aromatic N) is 1. The van der Waals surface area contributed by atoms with Gasteiger partial charge in [0.15, 0.2) is 0 Å². The number of hydrogen-bond acceptors (Lipinski definition) is 7. The standard InChI is InChI=1S/C26H25FN4O4S2/c1-26(2,3)35-25(33)31-18-10-7-16(15-5-8-17(27)9-6-15)13-19(18)30-24(32)22-14-20-21(36-22)11-12-23(29-20)37(4,28)34/h5-14,28H,1-4H3,(H,30,32)(H,31,33). The number of anilines is 2. The number of halogens is 1. The van der Waals surface area contributed by atoms with Crippen LogP contribution in [0.1, 0.15) is 30.4 Å². The lowest BCUT2D eigenvalue weighted by Gasteiger charge is -2.21. The van der Waals surface area contributed by atoms with Crippen molar-refractivity contribution in [3.05, 3.63) is 71.4 Å². The number of pyridine rings is 1. The van der Waals surface area contributed by atoms with Crippen LogP contribution in [0.3, 0.4) is 0 Å². The van der Waals surface area contributed by atoms with Crippen molar-refractivity contribution >= 4 is 54.7 Å². The van der Waals surface area contributed by atoms with E-state index < -0.39 is 27.3 Å². The number of carbonyl (C=O) groups excluding carboxylic acids is 2. The average Bonchev–Trinajstić information content (AvgIpc) is 3.23. The van der Waals surface area contributed by atoms with E-state index in [2.05, 4.69) is 15.6 Å². The Kier molecular flexibility index (Phi) is 7.03. The first-order valence-corrected chi connectivity index (χ1v) is 13.9. The van der Waals surface area contributed by atoms with E-state index >= 15 is 0 Å². The molecular weight excluding hydrogens is 515 g/mol. The SMILES string of the molecule is CC(C)(C)OC(=O)Nc1ccc(-c2ccc(F)cc2)cc1NC(=O)c1cc2nc(S(C)(=N)=O)ccc2s1. The zero-order valence-corrected chi connectivity index (χ0v) is 22.2. The molecule has 0 fully saturated rings. The molecule has 1 unspecified atom stereocenters. The Hall–Kier alpha value is -3.83. The normalized spacial score (nSPS) is 13.1. The molecule has 2 aromatic carbocycles. The summed E-state index contributed by atoms with van der Waals surface area (Å²) in [4.78, 5) is 30.2. The second-order valence-electron chi connectivity index (χ2n) is 9.34. The van der Waals surface area contributed by atoms with E-state index in [-0.39, 0.29) is 10.8 Å². The number of fused-ring (bicyclic) bond motifs is 1. The Morgan fingerprint density at radius 1 is 0.973 bits per heavy atom. The van der Waals surface area contributed by atoms with Gasteiger partial charge in [0.05, 0.1) is 36.2 Å². The Balaban J connectivity index is 1.68. The molecule has 0 saturated heterocycles. The summed E-state index contributed by atoms with van der Waals surface area (Å²) in [5.74, 6) is -0.817. The molecule has 1 atom stereocenters. The van der Waals surface area contributed by atoms with Crippen LogP contribution in [0.5, 0.6) is 0 Å². The van der Waals surface area contributed by atoms with Crippen LogP contribution < -0.4 is 10.6 Å². The van der Waals surface area contributed by atoms with E-state index in [1.165, 1.54) is 35.8 Å². The summed E-state index contributed by atoms with van der Waals surface area (Å²) >= 11 is 1.19. The Morgan fingerprint density at radius 3 is 2.30 bits per heavy atom. The first kappa shape index (κ1) is 26.2. The molecular formula is C26H25FN4O4S2. The van der Waals surface area contributed by atoms with Gasteiger partial charge in [-0.2, -0.15) is 0 Å². The van der Waals surface area contributed by atoms with Crippen molar-refractivity contribution in [2.45, 2.75) is 31.4 Å². The quantitative estimate of drug-likeness (QED) is 0.259. The van der Waals surface area contributed by atoms with Gasteiger partial charge in [-0.15, -0.1) is 11.3 Å². The number of ether oxygens (including phenoxy) is 1. The van der Waals surface area contributed by atoms with Crippen LogP contribution in [-0.4, -0.2) is 33.1 Å². The molecule has 0 bridgehead atoms. The van der Waals surface area contributed by atoms with Crippen LogP contribution in [0.2, 0.25) is 0 Å². The highest BCUT2D eigenvalue weighted by atomic mass is 32.2. The minimum Gasteiger partial charge on any atom is -0.444 e. The fourth-order valence-electron chi connectivity index (χ4n) is 3.41. The van der Waals surface area contributed by atoms with Gasteiger partial charge >= 0.3 is 6.09 Å². The number of rotatable bonds is 5. The highest BCUT2D eigenvalue weighted by Crippen LogP contribution is 2.32. The van der Waals surface area contributed by atoms with Crippen molar-refractivity contribution in [3.63, 3.8) is 0 Å². The molecule has 0 aliphatic carbocycles. The zero-order chi connectivity index (χ0) is 27.0. The molecule has 2 aromatic heterocycles. The van der Waals surface area contributed by atoms with E-state index in [4.69, 9.17) is 9.52 Å². The van der Waals surface area contributed by atoms with Gasteiger partial charge in [-0.1, -0.05) is 18.2 Å².